The summed E-state index contributed by atoms with van der Waals surface area (Å²) in [6.07, 6.45) is 0. The van der Waals surface area contributed by atoms with E-state index in [9.17, 15) is 9.59 Å². The Labute approximate surface area is 201 Å². The molecule has 4 rings (SSSR count). The average Bonchev–Trinajstić information content (AvgIpc) is 2.85. The van der Waals surface area contributed by atoms with Gasteiger partial charge in [0.15, 0.2) is 0 Å². The van der Waals surface area contributed by atoms with Gasteiger partial charge in [-0.2, -0.15) is 0 Å². The maximum Gasteiger partial charge on any atom is 0.259 e. The van der Waals surface area contributed by atoms with Crippen LogP contribution >= 0.6 is 15.9 Å². The lowest BCUT2D eigenvalue weighted by Crippen LogP contribution is -2.30. The molecule has 5 nitrogen and oxygen atoms in total. The number of hydrogen-bond acceptors (Lipinski definition) is 3. The van der Waals surface area contributed by atoms with E-state index in [0.29, 0.717) is 29.1 Å². The maximum absolute atomic E-state index is 13.3. The van der Waals surface area contributed by atoms with E-state index in [1.54, 1.807) is 41.3 Å². The van der Waals surface area contributed by atoms with Crippen molar-refractivity contribution in [2.24, 2.45) is 0 Å². The quantitative estimate of drug-likeness (QED) is 0.326. The molecule has 0 fully saturated rings. The Morgan fingerprint density at radius 3 is 2.39 bits per heavy atom. The second-order valence-corrected chi connectivity index (χ2v) is 8.34. The highest BCUT2D eigenvalue weighted by Gasteiger charge is 2.19. The Morgan fingerprint density at radius 1 is 0.939 bits per heavy atom. The number of amides is 2. The van der Waals surface area contributed by atoms with Gasteiger partial charge in [-0.15, -0.1) is 0 Å². The van der Waals surface area contributed by atoms with Gasteiger partial charge in [0, 0.05) is 27.7 Å². The fourth-order valence-electron chi connectivity index (χ4n) is 3.78. The maximum atomic E-state index is 13.3. The second kappa shape index (κ2) is 9.88. The molecular formula is C27H23BrN2O3. The van der Waals surface area contributed by atoms with Crippen LogP contribution in [0.3, 0.4) is 0 Å². The number of fused-ring (bicyclic) bond motifs is 1. The van der Waals surface area contributed by atoms with Crippen LogP contribution < -0.4 is 15.0 Å². The van der Waals surface area contributed by atoms with Crippen LogP contribution in [0, 0.1) is 0 Å². The smallest absolute Gasteiger partial charge is 0.259 e. The first-order valence-corrected chi connectivity index (χ1v) is 11.4. The summed E-state index contributed by atoms with van der Waals surface area (Å²) in [7, 11) is 1.52. The molecule has 0 saturated carbocycles. The van der Waals surface area contributed by atoms with E-state index in [1.165, 1.54) is 7.11 Å². The van der Waals surface area contributed by atoms with Gasteiger partial charge in [-0.05, 0) is 60.8 Å². The first-order chi connectivity index (χ1) is 16.0. The number of ether oxygens (including phenoxy) is 1. The zero-order valence-corrected chi connectivity index (χ0v) is 19.9. The van der Waals surface area contributed by atoms with Gasteiger partial charge in [-0.25, -0.2) is 0 Å². The highest BCUT2D eigenvalue weighted by molar-refractivity contribution is 9.10. The highest BCUT2D eigenvalue weighted by Crippen LogP contribution is 2.28. The Hall–Kier alpha value is -3.64. The van der Waals surface area contributed by atoms with Gasteiger partial charge in [-0.3, -0.25) is 9.59 Å². The van der Waals surface area contributed by atoms with Crippen LogP contribution in [0.2, 0.25) is 0 Å². The lowest BCUT2D eigenvalue weighted by Gasteiger charge is -2.23. The normalized spacial score (nSPS) is 10.6. The van der Waals surface area contributed by atoms with Crippen molar-refractivity contribution >= 4 is 49.9 Å². The minimum atomic E-state index is -0.293. The third kappa shape index (κ3) is 4.76. The first-order valence-electron chi connectivity index (χ1n) is 10.6. The van der Waals surface area contributed by atoms with E-state index >= 15 is 0 Å². The Kier molecular flexibility index (Phi) is 6.75. The van der Waals surface area contributed by atoms with Gasteiger partial charge in [0.1, 0.15) is 5.75 Å². The molecule has 0 spiro atoms. The molecule has 0 bridgehead atoms. The van der Waals surface area contributed by atoms with Crippen LogP contribution in [0.1, 0.15) is 27.6 Å². The molecule has 4 aromatic carbocycles. The Balaban J connectivity index is 1.55. The predicted octanol–water partition coefficient (Wildman–Crippen LogP) is 6.53. The second-order valence-electron chi connectivity index (χ2n) is 7.42. The summed E-state index contributed by atoms with van der Waals surface area (Å²) in [6.45, 7) is 2.49. The van der Waals surface area contributed by atoms with Crippen molar-refractivity contribution in [3.05, 3.63) is 101 Å². The molecular weight excluding hydrogens is 480 g/mol. The summed E-state index contributed by atoms with van der Waals surface area (Å²) in [5, 5.41) is 4.98. The number of carbonyl (C=O) groups is 2. The number of methoxy groups -OCH3 is 1. The molecule has 0 atom stereocenters. The van der Waals surface area contributed by atoms with E-state index in [1.807, 2.05) is 55.5 Å². The average molecular weight is 503 g/mol. The van der Waals surface area contributed by atoms with Gasteiger partial charge >= 0.3 is 0 Å². The van der Waals surface area contributed by atoms with Gasteiger partial charge in [0.05, 0.1) is 18.4 Å². The molecule has 6 heteroatoms. The van der Waals surface area contributed by atoms with Crippen LogP contribution in [0.5, 0.6) is 5.75 Å². The SMILES string of the molecule is CCN(C(=O)c1ccc(NC(=O)c2cc(Br)ccc2OC)cc1)c1cccc2ccccc12. The van der Waals surface area contributed by atoms with Crippen LogP contribution in [0.4, 0.5) is 11.4 Å². The zero-order valence-electron chi connectivity index (χ0n) is 18.3. The van der Waals surface area contributed by atoms with E-state index in [0.717, 1.165) is 20.9 Å². The molecule has 0 aliphatic rings. The van der Waals surface area contributed by atoms with Crippen molar-refractivity contribution in [3.8, 4) is 5.75 Å². The van der Waals surface area contributed by atoms with E-state index in [4.69, 9.17) is 4.74 Å². The molecule has 0 aliphatic heterocycles. The number of nitrogens with one attached hydrogen (secondary N) is 1. The molecule has 0 aliphatic carbocycles. The fourth-order valence-corrected chi connectivity index (χ4v) is 4.14. The number of anilines is 2. The molecule has 166 valence electrons. The van der Waals surface area contributed by atoms with Crippen LogP contribution in [0.15, 0.2) is 89.4 Å². The lowest BCUT2D eigenvalue weighted by molar-refractivity contribution is 0.0987. The molecule has 0 unspecified atom stereocenters. The van der Waals surface area contributed by atoms with Crippen molar-refractivity contribution in [2.75, 3.05) is 23.9 Å². The van der Waals surface area contributed by atoms with E-state index in [2.05, 4.69) is 21.2 Å². The minimum absolute atomic E-state index is 0.0969. The summed E-state index contributed by atoms with van der Waals surface area (Å²) in [5.74, 6) is 0.0923. The first kappa shape index (κ1) is 22.6. The summed E-state index contributed by atoms with van der Waals surface area (Å²) in [4.78, 5) is 27.8. The third-order valence-electron chi connectivity index (χ3n) is 5.41. The number of rotatable bonds is 6. The lowest BCUT2D eigenvalue weighted by atomic mass is 10.1. The van der Waals surface area contributed by atoms with Crippen LogP contribution in [0.25, 0.3) is 10.8 Å². The van der Waals surface area contributed by atoms with Crippen molar-refractivity contribution in [2.45, 2.75) is 6.92 Å². The highest BCUT2D eigenvalue weighted by atomic mass is 79.9. The van der Waals surface area contributed by atoms with Crippen molar-refractivity contribution in [3.63, 3.8) is 0 Å². The van der Waals surface area contributed by atoms with Gasteiger partial charge in [0.25, 0.3) is 11.8 Å². The largest absolute Gasteiger partial charge is 0.496 e. The molecule has 0 radical (unpaired) electrons. The number of carbonyl (C=O) groups excluding carboxylic acids is 2. The van der Waals surface area contributed by atoms with Crippen molar-refractivity contribution in [1.82, 2.24) is 0 Å². The van der Waals surface area contributed by atoms with Crippen LogP contribution in [-0.2, 0) is 0 Å². The summed E-state index contributed by atoms with van der Waals surface area (Å²) in [6, 6.07) is 26.1. The summed E-state index contributed by atoms with van der Waals surface area (Å²) in [5.41, 5.74) is 2.43. The summed E-state index contributed by atoms with van der Waals surface area (Å²) >= 11 is 3.38. The van der Waals surface area contributed by atoms with Crippen molar-refractivity contribution in [1.29, 1.82) is 0 Å². The zero-order chi connectivity index (χ0) is 23.4. The standard InChI is InChI=1S/C27H23BrN2O3/c1-3-30(24-10-6-8-18-7-4-5-9-22(18)24)27(32)19-11-14-21(15-12-19)29-26(31)23-17-20(28)13-16-25(23)33-2/h4-17H,3H2,1-2H3,(H,29,31). The topological polar surface area (TPSA) is 58.6 Å². The fraction of sp³-hybridized carbons (Fsp3) is 0.111. The molecule has 0 heterocycles. The number of hydrogen-bond donors (Lipinski definition) is 1. The van der Waals surface area contributed by atoms with Gasteiger partial charge < -0.3 is 15.0 Å². The Morgan fingerprint density at radius 2 is 1.67 bits per heavy atom. The van der Waals surface area contributed by atoms with E-state index in [-0.39, 0.29) is 11.8 Å². The monoisotopic (exact) mass is 502 g/mol. The predicted molar refractivity (Wildman–Crippen MR) is 136 cm³/mol. The molecule has 33 heavy (non-hydrogen) atoms. The number of halogens is 1. The van der Waals surface area contributed by atoms with Crippen LogP contribution in [-0.4, -0.2) is 25.5 Å². The molecule has 0 aromatic heterocycles. The molecule has 0 saturated heterocycles. The summed E-state index contributed by atoms with van der Waals surface area (Å²) < 4.78 is 6.07. The third-order valence-corrected chi connectivity index (χ3v) is 5.91. The van der Waals surface area contributed by atoms with Gasteiger partial charge in [0.2, 0.25) is 0 Å². The number of benzene rings is 4. The van der Waals surface area contributed by atoms with Gasteiger partial charge in [-0.1, -0.05) is 52.3 Å². The minimum Gasteiger partial charge on any atom is -0.496 e. The Bertz CT molecular complexity index is 1310. The molecule has 4 aromatic rings. The molecule has 1 N–H and O–H groups in total. The molecule has 2 amide bonds. The van der Waals surface area contributed by atoms with Crippen molar-refractivity contribution < 1.29 is 14.3 Å². The van der Waals surface area contributed by atoms with E-state index < -0.39 is 0 Å². The number of nitrogens with zero attached hydrogens (tertiary/aromatic N) is 1.